The minimum absolute atomic E-state index is 0.819. The smallest absolute Gasteiger partial charge is 0.138 e. The van der Waals surface area contributed by atoms with Crippen molar-refractivity contribution in [1.82, 2.24) is 9.80 Å². The molecule has 0 aromatic carbocycles. The van der Waals surface area contributed by atoms with E-state index >= 15 is 0 Å². The van der Waals surface area contributed by atoms with Crippen LogP contribution in [0.5, 0.6) is 0 Å². The van der Waals surface area contributed by atoms with Gasteiger partial charge in [-0.15, -0.1) is 0 Å². The molecule has 80 valence electrons. The number of thiocarbonyl (C=S) groups is 1. The van der Waals surface area contributed by atoms with Crippen LogP contribution in [0.15, 0.2) is 0 Å². The van der Waals surface area contributed by atoms with Crippen LogP contribution < -0.4 is 0 Å². The Bertz CT molecular complexity index is 216. The average molecular weight is 248 g/mol. The Balaban J connectivity index is 1.85. The molecule has 1 unspecified atom stereocenters. The molecule has 0 aromatic heterocycles. The molecule has 1 atom stereocenters. The first-order valence-corrected chi connectivity index (χ1v) is 7.42. The van der Waals surface area contributed by atoms with Gasteiger partial charge in [0, 0.05) is 11.8 Å². The zero-order valence-electron chi connectivity index (χ0n) is 8.44. The number of hydrogen-bond acceptors (Lipinski definition) is 4. The molecule has 0 spiro atoms. The van der Waals surface area contributed by atoms with E-state index in [1.54, 1.807) is 11.8 Å². The summed E-state index contributed by atoms with van der Waals surface area (Å²) in [5.41, 5.74) is 0. The van der Waals surface area contributed by atoms with Crippen molar-refractivity contribution in [3.05, 3.63) is 0 Å². The van der Waals surface area contributed by atoms with Crippen molar-refractivity contribution < 1.29 is 0 Å². The fourth-order valence-electron chi connectivity index (χ4n) is 1.81. The van der Waals surface area contributed by atoms with Gasteiger partial charge in [0.15, 0.2) is 0 Å². The van der Waals surface area contributed by atoms with E-state index in [0.717, 1.165) is 28.7 Å². The Hall–Kier alpha value is 0.550. The van der Waals surface area contributed by atoms with Gasteiger partial charge in [-0.05, 0) is 25.6 Å². The Kier molecular flexibility index (Phi) is 3.99. The van der Waals surface area contributed by atoms with Crippen molar-refractivity contribution in [1.29, 1.82) is 0 Å². The summed E-state index contributed by atoms with van der Waals surface area (Å²) in [6.45, 7) is 2.17. The van der Waals surface area contributed by atoms with E-state index in [-0.39, 0.29) is 0 Å². The fourth-order valence-corrected chi connectivity index (χ4v) is 4.12. The molecule has 0 aliphatic carbocycles. The molecule has 2 nitrogen and oxygen atoms in total. The summed E-state index contributed by atoms with van der Waals surface area (Å²) < 4.78 is 1.09. The molecule has 0 saturated carbocycles. The maximum atomic E-state index is 5.37. The van der Waals surface area contributed by atoms with Gasteiger partial charge in [0.25, 0.3) is 0 Å². The summed E-state index contributed by atoms with van der Waals surface area (Å²) >= 11 is 9.27. The van der Waals surface area contributed by atoms with Crippen LogP contribution in [0.25, 0.3) is 0 Å². The van der Waals surface area contributed by atoms with Crippen LogP contribution in [0.3, 0.4) is 0 Å². The van der Waals surface area contributed by atoms with Crippen molar-refractivity contribution in [2.24, 2.45) is 0 Å². The minimum Gasteiger partial charge on any atom is -0.343 e. The third-order valence-electron chi connectivity index (χ3n) is 2.53. The Labute approximate surface area is 99.8 Å². The molecule has 5 heteroatoms. The molecule has 0 amide bonds. The third kappa shape index (κ3) is 2.78. The Morgan fingerprint density at radius 1 is 1.57 bits per heavy atom. The molecule has 0 radical (unpaired) electrons. The average Bonchev–Trinajstić information content (AvgIpc) is 2.64. The highest BCUT2D eigenvalue weighted by Gasteiger charge is 2.24. The maximum Gasteiger partial charge on any atom is 0.138 e. The predicted octanol–water partition coefficient (Wildman–Crippen LogP) is 2.06. The standard InChI is InChI=1S/C9H16N2S3/c1-10-6-11(9(12)14-7-10)5-8-3-2-4-13-8/h8H,2-7H2,1H3. The van der Waals surface area contributed by atoms with Gasteiger partial charge in [0.05, 0.1) is 12.5 Å². The van der Waals surface area contributed by atoms with E-state index in [1.165, 1.54) is 18.6 Å². The highest BCUT2D eigenvalue weighted by atomic mass is 32.2. The number of hydrogen-bond donors (Lipinski definition) is 0. The van der Waals surface area contributed by atoms with Crippen LogP contribution in [-0.4, -0.2) is 51.3 Å². The molecule has 0 N–H and O–H groups in total. The van der Waals surface area contributed by atoms with Gasteiger partial charge < -0.3 is 4.90 Å². The lowest BCUT2D eigenvalue weighted by atomic mass is 10.2. The minimum atomic E-state index is 0.819. The van der Waals surface area contributed by atoms with Crippen LogP contribution in [-0.2, 0) is 0 Å². The van der Waals surface area contributed by atoms with Gasteiger partial charge in [0.1, 0.15) is 4.32 Å². The van der Waals surface area contributed by atoms with Crippen molar-refractivity contribution >= 4 is 40.1 Å². The van der Waals surface area contributed by atoms with E-state index in [4.69, 9.17) is 12.2 Å². The zero-order chi connectivity index (χ0) is 9.97. The van der Waals surface area contributed by atoms with Gasteiger partial charge >= 0.3 is 0 Å². The molecule has 2 fully saturated rings. The summed E-state index contributed by atoms with van der Waals surface area (Å²) in [5.74, 6) is 2.39. The first-order chi connectivity index (χ1) is 6.75. The van der Waals surface area contributed by atoms with Gasteiger partial charge in [-0.2, -0.15) is 11.8 Å². The lowest BCUT2D eigenvalue weighted by Gasteiger charge is -2.35. The largest absolute Gasteiger partial charge is 0.343 e. The van der Waals surface area contributed by atoms with Crippen LogP contribution in [0.2, 0.25) is 0 Å². The molecule has 2 saturated heterocycles. The van der Waals surface area contributed by atoms with Crippen LogP contribution >= 0.6 is 35.7 Å². The molecule has 0 aromatic rings. The second kappa shape index (κ2) is 5.05. The monoisotopic (exact) mass is 248 g/mol. The van der Waals surface area contributed by atoms with Gasteiger partial charge in [-0.25, -0.2) is 0 Å². The first kappa shape index (κ1) is 11.0. The van der Waals surface area contributed by atoms with Crippen LogP contribution in [0.1, 0.15) is 12.8 Å². The zero-order valence-corrected chi connectivity index (χ0v) is 10.9. The van der Waals surface area contributed by atoms with Gasteiger partial charge in [-0.1, -0.05) is 24.0 Å². The molecule has 2 rings (SSSR count). The van der Waals surface area contributed by atoms with Crippen molar-refractivity contribution in [3.63, 3.8) is 0 Å². The first-order valence-electron chi connectivity index (χ1n) is 4.97. The van der Waals surface area contributed by atoms with Gasteiger partial charge in [-0.3, -0.25) is 4.90 Å². The summed E-state index contributed by atoms with van der Waals surface area (Å²) in [6.07, 6.45) is 2.76. The van der Waals surface area contributed by atoms with Crippen LogP contribution in [0, 0.1) is 0 Å². The van der Waals surface area contributed by atoms with Crippen LogP contribution in [0.4, 0.5) is 0 Å². The Morgan fingerprint density at radius 2 is 2.43 bits per heavy atom. The highest BCUT2D eigenvalue weighted by Crippen LogP contribution is 2.28. The number of thioether (sulfide) groups is 2. The summed E-state index contributed by atoms with van der Waals surface area (Å²) in [7, 11) is 2.16. The predicted molar refractivity (Wildman–Crippen MR) is 69.9 cm³/mol. The fraction of sp³-hybridized carbons (Fsp3) is 0.889. The molecular formula is C9H16N2S3. The lowest BCUT2D eigenvalue weighted by Crippen LogP contribution is -2.45. The van der Waals surface area contributed by atoms with E-state index in [2.05, 4.69) is 28.6 Å². The second-order valence-corrected chi connectivity index (χ2v) is 6.88. The third-order valence-corrected chi connectivity index (χ3v) is 5.59. The molecule has 2 aliphatic rings. The quantitative estimate of drug-likeness (QED) is 0.688. The summed E-state index contributed by atoms with van der Waals surface area (Å²) in [5, 5.41) is 0.819. The molecule has 0 bridgehead atoms. The summed E-state index contributed by atoms with van der Waals surface area (Å²) in [4.78, 5) is 4.67. The number of nitrogens with zero attached hydrogens (tertiary/aromatic N) is 2. The van der Waals surface area contributed by atoms with Gasteiger partial charge in [0.2, 0.25) is 0 Å². The molecule has 2 heterocycles. The number of rotatable bonds is 2. The van der Waals surface area contributed by atoms with E-state index in [0.29, 0.717) is 0 Å². The van der Waals surface area contributed by atoms with Crippen molar-refractivity contribution in [3.8, 4) is 0 Å². The topological polar surface area (TPSA) is 6.48 Å². The van der Waals surface area contributed by atoms with E-state index in [1.807, 2.05) is 0 Å². The molecule has 2 aliphatic heterocycles. The Morgan fingerprint density at radius 3 is 3.14 bits per heavy atom. The molecule has 14 heavy (non-hydrogen) atoms. The van der Waals surface area contributed by atoms with Crippen molar-refractivity contribution in [2.75, 3.05) is 31.9 Å². The van der Waals surface area contributed by atoms with Crippen molar-refractivity contribution in [2.45, 2.75) is 18.1 Å². The SMILES string of the molecule is CN1CSC(=S)N(CC2CCCS2)C1. The molecular weight excluding hydrogens is 232 g/mol. The normalized spacial score (nSPS) is 29.9. The second-order valence-electron chi connectivity index (χ2n) is 3.89. The summed E-state index contributed by atoms with van der Waals surface area (Å²) in [6, 6.07) is 0. The van der Waals surface area contributed by atoms with E-state index in [9.17, 15) is 0 Å². The highest BCUT2D eigenvalue weighted by molar-refractivity contribution is 8.22. The van der Waals surface area contributed by atoms with E-state index < -0.39 is 0 Å². The lowest BCUT2D eigenvalue weighted by molar-refractivity contribution is 0.249. The maximum absolute atomic E-state index is 5.37.